The summed E-state index contributed by atoms with van der Waals surface area (Å²) in [7, 11) is 1.97. The summed E-state index contributed by atoms with van der Waals surface area (Å²) in [5.74, 6) is 0.819. The Bertz CT molecular complexity index is 395. The van der Waals surface area contributed by atoms with Crippen LogP contribution in [-0.2, 0) is 0 Å². The van der Waals surface area contributed by atoms with Crippen molar-refractivity contribution >= 4 is 5.82 Å². The highest BCUT2D eigenvalue weighted by Gasteiger charge is 2.27. The maximum atomic E-state index is 10.1. The van der Waals surface area contributed by atoms with Gasteiger partial charge in [-0.25, -0.2) is 4.98 Å². The van der Waals surface area contributed by atoms with Gasteiger partial charge in [0.1, 0.15) is 5.82 Å². The van der Waals surface area contributed by atoms with E-state index in [0.29, 0.717) is 0 Å². The Kier molecular flexibility index (Phi) is 4.19. The molecule has 1 aliphatic carbocycles. The van der Waals surface area contributed by atoms with Crippen molar-refractivity contribution < 1.29 is 10.2 Å². The molecule has 1 saturated carbocycles. The molecule has 2 N–H and O–H groups in total. The number of hydrogen-bond acceptors (Lipinski definition) is 4. The van der Waals surface area contributed by atoms with E-state index in [9.17, 15) is 10.2 Å². The van der Waals surface area contributed by atoms with Gasteiger partial charge in [0.2, 0.25) is 0 Å². The maximum absolute atomic E-state index is 10.1. The molecule has 1 aromatic heterocycles. The Balaban J connectivity index is 2.16. The van der Waals surface area contributed by atoms with Gasteiger partial charge in [-0.15, -0.1) is 0 Å². The number of hydrogen-bond donors (Lipinski definition) is 2. The van der Waals surface area contributed by atoms with Crippen molar-refractivity contribution in [3.05, 3.63) is 23.9 Å². The van der Waals surface area contributed by atoms with E-state index in [-0.39, 0.29) is 12.1 Å². The molecule has 0 aromatic carbocycles. The molecular formula is C14H22N2O2. The molecule has 0 spiro atoms. The summed E-state index contributed by atoms with van der Waals surface area (Å²) >= 11 is 0. The zero-order valence-electron chi connectivity index (χ0n) is 11.1. The summed E-state index contributed by atoms with van der Waals surface area (Å²) < 4.78 is 0. The van der Waals surface area contributed by atoms with Crippen LogP contribution in [0.25, 0.3) is 0 Å². The van der Waals surface area contributed by atoms with Crippen LogP contribution in [0, 0.1) is 0 Å². The van der Waals surface area contributed by atoms with Crippen molar-refractivity contribution in [2.24, 2.45) is 0 Å². The Morgan fingerprint density at radius 2 is 2.11 bits per heavy atom. The quantitative estimate of drug-likeness (QED) is 0.860. The van der Waals surface area contributed by atoms with Gasteiger partial charge in [-0.1, -0.05) is 12.8 Å². The molecule has 4 heteroatoms. The second kappa shape index (κ2) is 5.67. The monoisotopic (exact) mass is 250 g/mol. The molecule has 0 saturated heterocycles. The first kappa shape index (κ1) is 13.3. The average Bonchev–Trinajstić information content (AvgIpc) is 2.38. The lowest BCUT2D eigenvalue weighted by molar-refractivity contribution is 0.106. The normalized spacial score (nSPS) is 25.8. The van der Waals surface area contributed by atoms with Crippen LogP contribution in [0.3, 0.4) is 0 Å². The van der Waals surface area contributed by atoms with E-state index in [0.717, 1.165) is 37.1 Å². The van der Waals surface area contributed by atoms with Crippen molar-refractivity contribution in [1.82, 2.24) is 4.98 Å². The molecule has 0 amide bonds. The number of aliphatic hydroxyl groups is 2. The van der Waals surface area contributed by atoms with Crippen molar-refractivity contribution in [3.63, 3.8) is 0 Å². The second-order valence-corrected chi connectivity index (χ2v) is 5.15. The maximum Gasteiger partial charge on any atom is 0.128 e. The highest BCUT2D eigenvalue weighted by molar-refractivity contribution is 5.42. The van der Waals surface area contributed by atoms with Crippen LogP contribution in [0.5, 0.6) is 0 Å². The SMILES string of the molecule is C[C@H](O)c1ccnc(N(C)C2CCCCC2O)c1. The number of aliphatic hydroxyl groups excluding tert-OH is 2. The number of nitrogens with zero attached hydrogens (tertiary/aromatic N) is 2. The fourth-order valence-corrected chi connectivity index (χ4v) is 2.60. The molecule has 1 aliphatic rings. The Morgan fingerprint density at radius 3 is 2.78 bits per heavy atom. The number of rotatable bonds is 3. The fourth-order valence-electron chi connectivity index (χ4n) is 2.60. The van der Waals surface area contributed by atoms with Gasteiger partial charge >= 0.3 is 0 Å². The summed E-state index contributed by atoms with van der Waals surface area (Å²) in [5, 5.41) is 19.7. The molecule has 0 bridgehead atoms. The standard InChI is InChI=1S/C14H22N2O2/c1-10(17)11-7-8-15-14(9-11)16(2)12-5-3-4-6-13(12)18/h7-10,12-13,17-18H,3-6H2,1-2H3/t10-,12?,13?/m0/s1. The minimum Gasteiger partial charge on any atom is -0.391 e. The average molecular weight is 250 g/mol. The van der Waals surface area contributed by atoms with Gasteiger partial charge in [-0.05, 0) is 37.5 Å². The molecule has 2 rings (SSSR count). The van der Waals surface area contributed by atoms with Gasteiger partial charge in [-0.2, -0.15) is 0 Å². The van der Waals surface area contributed by atoms with Gasteiger partial charge in [0.05, 0.1) is 18.2 Å². The summed E-state index contributed by atoms with van der Waals surface area (Å²) in [4.78, 5) is 6.37. The van der Waals surface area contributed by atoms with Crippen LogP contribution in [0.2, 0.25) is 0 Å². The Morgan fingerprint density at radius 1 is 1.39 bits per heavy atom. The van der Waals surface area contributed by atoms with E-state index in [1.165, 1.54) is 0 Å². The van der Waals surface area contributed by atoms with Crippen LogP contribution in [-0.4, -0.2) is 34.4 Å². The van der Waals surface area contributed by atoms with Crippen molar-refractivity contribution in [1.29, 1.82) is 0 Å². The summed E-state index contributed by atoms with van der Waals surface area (Å²) in [6.45, 7) is 1.74. The largest absolute Gasteiger partial charge is 0.391 e. The zero-order valence-corrected chi connectivity index (χ0v) is 11.1. The van der Waals surface area contributed by atoms with Gasteiger partial charge in [0.15, 0.2) is 0 Å². The first-order valence-electron chi connectivity index (χ1n) is 6.64. The topological polar surface area (TPSA) is 56.6 Å². The van der Waals surface area contributed by atoms with Gasteiger partial charge in [-0.3, -0.25) is 0 Å². The smallest absolute Gasteiger partial charge is 0.128 e. The third-order valence-corrected chi connectivity index (χ3v) is 3.80. The van der Waals surface area contributed by atoms with E-state index in [1.807, 2.05) is 24.1 Å². The number of aromatic nitrogens is 1. The van der Waals surface area contributed by atoms with Crippen LogP contribution >= 0.6 is 0 Å². The molecule has 2 unspecified atom stereocenters. The molecule has 1 heterocycles. The van der Waals surface area contributed by atoms with E-state index in [4.69, 9.17) is 0 Å². The van der Waals surface area contributed by atoms with E-state index in [2.05, 4.69) is 4.98 Å². The predicted octanol–water partition coefficient (Wildman–Crippen LogP) is 1.87. The van der Waals surface area contributed by atoms with Gasteiger partial charge in [0.25, 0.3) is 0 Å². The van der Waals surface area contributed by atoms with Crippen molar-refractivity contribution in [2.45, 2.75) is 50.9 Å². The molecular weight excluding hydrogens is 228 g/mol. The number of likely N-dealkylation sites (N-methyl/N-ethyl adjacent to an activating group) is 1. The van der Waals surface area contributed by atoms with Crippen LogP contribution in [0.15, 0.2) is 18.3 Å². The molecule has 0 radical (unpaired) electrons. The lowest BCUT2D eigenvalue weighted by Gasteiger charge is -2.36. The van der Waals surface area contributed by atoms with Gasteiger partial charge < -0.3 is 15.1 Å². The third-order valence-electron chi connectivity index (χ3n) is 3.80. The molecule has 4 nitrogen and oxygen atoms in total. The first-order chi connectivity index (χ1) is 8.59. The molecule has 1 aromatic rings. The van der Waals surface area contributed by atoms with E-state index >= 15 is 0 Å². The summed E-state index contributed by atoms with van der Waals surface area (Å²) in [6, 6.07) is 3.85. The summed E-state index contributed by atoms with van der Waals surface area (Å²) in [5.41, 5.74) is 0.858. The molecule has 1 fully saturated rings. The predicted molar refractivity (Wildman–Crippen MR) is 71.5 cm³/mol. The lowest BCUT2D eigenvalue weighted by Crippen LogP contribution is -2.43. The van der Waals surface area contributed by atoms with Crippen LogP contribution in [0.4, 0.5) is 5.82 Å². The molecule has 18 heavy (non-hydrogen) atoms. The minimum absolute atomic E-state index is 0.135. The highest BCUT2D eigenvalue weighted by Crippen LogP contribution is 2.26. The van der Waals surface area contributed by atoms with Gasteiger partial charge in [0, 0.05) is 13.2 Å². The Hall–Kier alpha value is -1.13. The number of pyridine rings is 1. The zero-order chi connectivity index (χ0) is 13.1. The van der Waals surface area contributed by atoms with Crippen molar-refractivity contribution in [3.8, 4) is 0 Å². The van der Waals surface area contributed by atoms with E-state index < -0.39 is 6.10 Å². The Labute approximate surface area is 108 Å². The molecule has 0 aliphatic heterocycles. The molecule has 100 valence electrons. The third kappa shape index (κ3) is 2.82. The first-order valence-corrected chi connectivity index (χ1v) is 6.64. The highest BCUT2D eigenvalue weighted by atomic mass is 16.3. The summed E-state index contributed by atoms with van der Waals surface area (Å²) in [6.07, 6.45) is 5.07. The van der Waals surface area contributed by atoms with Crippen LogP contribution in [0.1, 0.15) is 44.3 Å². The lowest BCUT2D eigenvalue weighted by atomic mass is 9.91. The molecule has 3 atom stereocenters. The van der Waals surface area contributed by atoms with E-state index in [1.54, 1.807) is 13.1 Å². The van der Waals surface area contributed by atoms with Crippen molar-refractivity contribution in [2.75, 3.05) is 11.9 Å². The second-order valence-electron chi connectivity index (χ2n) is 5.15. The number of anilines is 1. The fraction of sp³-hybridized carbons (Fsp3) is 0.643. The van der Waals surface area contributed by atoms with Crippen LogP contribution < -0.4 is 4.90 Å². The minimum atomic E-state index is -0.489.